The van der Waals surface area contributed by atoms with Crippen molar-refractivity contribution in [1.29, 1.82) is 0 Å². The average molecular weight is 265 g/mol. The number of nitrogens with zero attached hydrogens (tertiary/aromatic N) is 1. The van der Waals surface area contributed by atoms with Gasteiger partial charge in [-0.2, -0.15) is 0 Å². The van der Waals surface area contributed by atoms with Gasteiger partial charge in [0.15, 0.2) is 0 Å². The topological polar surface area (TPSA) is 118 Å². The van der Waals surface area contributed by atoms with Gasteiger partial charge in [-0.3, -0.25) is 14.9 Å². The van der Waals surface area contributed by atoms with Gasteiger partial charge in [0.25, 0.3) is 5.69 Å². The summed E-state index contributed by atoms with van der Waals surface area (Å²) in [7, 11) is 0. The molecule has 0 unspecified atom stereocenters. The molecule has 0 radical (unpaired) electrons. The summed E-state index contributed by atoms with van der Waals surface area (Å²) in [6.07, 6.45) is 2.33. The summed E-state index contributed by atoms with van der Waals surface area (Å²) >= 11 is 0. The van der Waals surface area contributed by atoms with Gasteiger partial charge >= 0.3 is 0 Å². The van der Waals surface area contributed by atoms with Crippen LogP contribution in [0.25, 0.3) is 0 Å². The number of nitrogens with two attached hydrogens (primary N) is 1. The second-order valence-electron chi connectivity index (χ2n) is 4.75. The summed E-state index contributed by atoms with van der Waals surface area (Å²) in [5.41, 5.74) is 4.86. The van der Waals surface area contributed by atoms with E-state index in [9.17, 15) is 20.0 Å². The number of nitro benzene ring substituents is 1. The first-order valence-corrected chi connectivity index (χ1v) is 5.97. The maximum Gasteiger partial charge on any atom is 0.271 e. The van der Waals surface area contributed by atoms with E-state index in [0.29, 0.717) is 12.8 Å². The fourth-order valence-electron chi connectivity index (χ4n) is 2.12. The lowest BCUT2D eigenvalue weighted by Gasteiger charge is -2.39. The molecule has 1 aliphatic carbocycles. The summed E-state index contributed by atoms with van der Waals surface area (Å²) in [6, 6.07) is 3.49. The van der Waals surface area contributed by atoms with Gasteiger partial charge in [0, 0.05) is 18.7 Å². The lowest BCUT2D eigenvalue weighted by atomic mass is 9.68. The SMILES string of the molecule is NCC1(C(=O)Nc2cc([N+](=O)[O-])ccc2O)CCC1. The van der Waals surface area contributed by atoms with Gasteiger partial charge in [-0.05, 0) is 18.9 Å². The van der Waals surface area contributed by atoms with E-state index < -0.39 is 10.3 Å². The third-order valence-corrected chi connectivity index (χ3v) is 3.62. The Morgan fingerprint density at radius 2 is 2.21 bits per heavy atom. The van der Waals surface area contributed by atoms with Crippen LogP contribution in [-0.4, -0.2) is 22.5 Å². The van der Waals surface area contributed by atoms with Crippen LogP contribution < -0.4 is 11.1 Å². The second kappa shape index (κ2) is 4.85. The van der Waals surface area contributed by atoms with Crippen molar-refractivity contribution in [2.45, 2.75) is 19.3 Å². The number of aromatic hydroxyl groups is 1. The van der Waals surface area contributed by atoms with E-state index in [1.165, 1.54) is 12.1 Å². The van der Waals surface area contributed by atoms with Crippen molar-refractivity contribution in [2.75, 3.05) is 11.9 Å². The van der Waals surface area contributed by atoms with Gasteiger partial charge in [-0.25, -0.2) is 0 Å². The molecule has 4 N–H and O–H groups in total. The molecule has 7 heteroatoms. The lowest BCUT2D eigenvalue weighted by molar-refractivity contribution is -0.384. The molecular formula is C12H15N3O4. The molecule has 19 heavy (non-hydrogen) atoms. The largest absolute Gasteiger partial charge is 0.506 e. The number of carbonyl (C=O) groups is 1. The number of nitrogens with one attached hydrogen (secondary N) is 1. The number of phenols is 1. The zero-order valence-electron chi connectivity index (χ0n) is 10.3. The fourth-order valence-corrected chi connectivity index (χ4v) is 2.12. The number of hydrogen-bond donors (Lipinski definition) is 3. The molecule has 0 atom stereocenters. The van der Waals surface area contributed by atoms with Crippen LogP contribution in [0.4, 0.5) is 11.4 Å². The van der Waals surface area contributed by atoms with E-state index in [0.717, 1.165) is 12.5 Å². The van der Waals surface area contributed by atoms with Crippen molar-refractivity contribution in [3.05, 3.63) is 28.3 Å². The van der Waals surface area contributed by atoms with Gasteiger partial charge in [0.1, 0.15) is 5.75 Å². The minimum absolute atomic E-state index is 0.0407. The van der Waals surface area contributed by atoms with E-state index in [1.807, 2.05) is 0 Å². The molecule has 0 spiro atoms. The first kappa shape index (κ1) is 13.3. The number of carbonyl (C=O) groups excluding carboxylic acids is 1. The number of phenolic OH excluding ortho intramolecular Hbond substituents is 1. The van der Waals surface area contributed by atoms with Crippen LogP contribution in [0.5, 0.6) is 5.75 Å². The number of rotatable bonds is 4. The summed E-state index contributed by atoms with van der Waals surface area (Å²) < 4.78 is 0. The van der Waals surface area contributed by atoms with Crippen molar-refractivity contribution in [2.24, 2.45) is 11.1 Å². The van der Waals surface area contributed by atoms with Crippen molar-refractivity contribution >= 4 is 17.3 Å². The maximum atomic E-state index is 12.1. The molecule has 0 bridgehead atoms. The van der Waals surface area contributed by atoms with Crippen LogP contribution in [0.3, 0.4) is 0 Å². The van der Waals surface area contributed by atoms with Gasteiger partial charge in [0.05, 0.1) is 16.0 Å². The molecule has 0 aliphatic heterocycles. The molecule has 1 amide bonds. The number of nitro groups is 1. The third kappa shape index (κ3) is 2.37. The molecule has 0 saturated heterocycles. The number of non-ortho nitro benzene ring substituents is 1. The summed E-state index contributed by atoms with van der Waals surface area (Å²) in [4.78, 5) is 22.2. The smallest absolute Gasteiger partial charge is 0.271 e. The van der Waals surface area contributed by atoms with Gasteiger partial charge in [-0.15, -0.1) is 0 Å². The Morgan fingerprint density at radius 3 is 2.68 bits per heavy atom. The molecule has 0 aromatic heterocycles. The zero-order valence-corrected chi connectivity index (χ0v) is 10.3. The zero-order chi connectivity index (χ0) is 14.0. The predicted octanol–water partition coefficient (Wildman–Crippen LogP) is 1.37. The standard InChI is InChI=1S/C12H15N3O4/c13-7-12(4-1-5-12)11(17)14-9-6-8(15(18)19)2-3-10(9)16/h2-3,6,16H,1,4-5,7,13H2,(H,14,17). The molecule has 0 heterocycles. The Bertz CT molecular complexity index is 520. The first-order valence-electron chi connectivity index (χ1n) is 5.97. The number of benzene rings is 1. The highest BCUT2D eigenvalue weighted by Gasteiger charge is 2.43. The Labute approximate surface area is 109 Å². The van der Waals surface area contributed by atoms with Crippen LogP contribution in [0.1, 0.15) is 19.3 Å². The Balaban J connectivity index is 2.21. The molecule has 1 saturated carbocycles. The van der Waals surface area contributed by atoms with Crippen LogP contribution in [0, 0.1) is 15.5 Å². The summed E-state index contributed by atoms with van der Waals surface area (Å²) in [5, 5.41) is 22.8. The van der Waals surface area contributed by atoms with E-state index in [-0.39, 0.29) is 29.6 Å². The quantitative estimate of drug-likeness (QED) is 0.431. The Morgan fingerprint density at radius 1 is 1.53 bits per heavy atom. The maximum absolute atomic E-state index is 12.1. The molecule has 1 aromatic carbocycles. The fraction of sp³-hybridized carbons (Fsp3) is 0.417. The number of amides is 1. The molecule has 102 valence electrons. The van der Waals surface area contributed by atoms with E-state index in [4.69, 9.17) is 5.73 Å². The van der Waals surface area contributed by atoms with Gasteiger partial charge in [0.2, 0.25) is 5.91 Å². The average Bonchev–Trinajstić information content (AvgIpc) is 2.31. The monoisotopic (exact) mass is 265 g/mol. The molecular weight excluding hydrogens is 250 g/mol. The van der Waals surface area contributed by atoms with Crippen molar-refractivity contribution in [3.63, 3.8) is 0 Å². The summed E-state index contributed by atoms with van der Waals surface area (Å²) in [6.45, 7) is 0.231. The first-order chi connectivity index (χ1) is 8.98. The highest BCUT2D eigenvalue weighted by molar-refractivity contribution is 5.97. The van der Waals surface area contributed by atoms with Gasteiger partial charge < -0.3 is 16.2 Å². The second-order valence-corrected chi connectivity index (χ2v) is 4.75. The molecule has 7 nitrogen and oxygen atoms in total. The van der Waals surface area contributed by atoms with E-state index in [2.05, 4.69) is 5.32 Å². The molecule has 1 aromatic rings. The highest BCUT2D eigenvalue weighted by atomic mass is 16.6. The van der Waals surface area contributed by atoms with E-state index >= 15 is 0 Å². The minimum atomic E-state index is -0.600. The third-order valence-electron chi connectivity index (χ3n) is 3.62. The highest BCUT2D eigenvalue weighted by Crippen LogP contribution is 2.41. The van der Waals surface area contributed by atoms with Crippen molar-refractivity contribution < 1.29 is 14.8 Å². The van der Waals surface area contributed by atoms with Crippen LogP contribution >= 0.6 is 0 Å². The van der Waals surface area contributed by atoms with Crippen molar-refractivity contribution in [1.82, 2.24) is 0 Å². The predicted molar refractivity (Wildman–Crippen MR) is 68.7 cm³/mol. The molecule has 2 rings (SSSR count). The number of hydrogen-bond acceptors (Lipinski definition) is 5. The normalized spacial score (nSPS) is 16.5. The van der Waals surface area contributed by atoms with Crippen molar-refractivity contribution in [3.8, 4) is 5.75 Å². The number of anilines is 1. The molecule has 1 aliphatic rings. The summed E-state index contributed by atoms with van der Waals surface area (Å²) in [5.74, 6) is -0.498. The van der Waals surface area contributed by atoms with Crippen LogP contribution in [0.2, 0.25) is 0 Å². The minimum Gasteiger partial charge on any atom is -0.506 e. The van der Waals surface area contributed by atoms with Gasteiger partial charge in [-0.1, -0.05) is 6.42 Å². The Hall–Kier alpha value is -2.15. The van der Waals surface area contributed by atoms with Crippen LogP contribution in [0.15, 0.2) is 18.2 Å². The molecule has 1 fully saturated rings. The van der Waals surface area contributed by atoms with Crippen LogP contribution in [-0.2, 0) is 4.79 Å². The van der Waals surface area contributed by atoms with E-state index in [1.54, 1.807) is 0 Å². The Kier molecular flexibility index (Phi) is 3.39. The lowest BCUT2D eigenvalue weighted by Crippen LogP contribution is -2.47.